The molecule has 0 spiro atoms. The van der Waals surface area contributed by atoms with Crippen molar-refractivity contribution in [2.24, 2.45) is 5.10 Å². The largest absolute Gasteiger partial charge is 0.493 e. The minimum Gasteiger partial charge on any atom is -0.493 e. The first kappa shape index (κ1) is 19.6. The lowest BCUT2D eigenvalue weighted by Crippen LogP contribution is -2.17. The Balaban J connectivity index is 1.66. The Labute approximate surface area is 170 Å². The van der Waals surface area contributed by atoms with Crippen molar-refractivity contribution in [2.75, 3.05) is 7.11 Å². The van der Waals surface area contributed by atoms with Crippen LogP contribution in [0.2, 0.25) is 5.02 Å². The number of hydrogen-bond acceptors (Lipinski definition) is 6. The molecule has 1 heterocycles. The van der Waals surface area contributed by atoms with E-state index in [-0.39, 0.29) is 5.91 Å². The summed E-state index contributed by atoms with van der Waals surface area (Å²) in [6, 6.07) is 14.9. The molecule has 8 heteroatoms. The van der Waals surface area contributed by atoms with E-state index in [1.165, 1.54) is 24.7 Å². The molecule has 0 saturated carbocycles. The summed E-state index contributed by atoms with van der Waals surface area (Å²) >= 11 is 7.09. The summed E-state index contributed by atoms with van der Waals surface area (Å²) in [6.07, 6.45) is 1.46. The quantitative estimate of drug-likeness (QED) is 0.281. The number of carbonyl (C=O) groups is 2. The number of hydrazone groups is 1. The summed E-state index contributed by atoms with van der Waals surface area (Å²) in [5, 5.41) is 6.27. The Kier molecular flexibility index (Phi) is 6.41. The summed E-state index contributed by atoms with van der Waals surface area (Å²) < 4.78 is 10.6. The zero-order chi connectivity index (χ0) is 19.9. The first-order valence-electron chi connectivity index (χ1n) is 8.09. The highest BCUT2D eigenvalue weighted by atomic mass is 35.5. The van der Waals surface area contributed by atoms with Crippen LogP contribution in [-0.2, 0) is 0 Å². The van der Waals surface area contributed by atoms with E-state index in [0.29, 0.717) is 32.5 Å². The third-order valence-corrected chi connectivity index (χ3v) is 4.70. The van der Waals surface area contributed by atoms with Crippen molar-refractivity contribution in [3.8, 4) is 11.5 Å². The average molecular weight is 415 g/mol. The first-order chi connectivity index (χ1) is 13.6. The fourth-order valence-corrected chi connectivity index (χ4v) is 2.95. The number of thiophene rings is 1. The van der Waals surface area contributed by atoms with Crippen molar-refractivity contribution >= 4 is 41.0 Å². The molecule has 142 valence electrons. The Morgan fingerprint density at radius 3 is 2.57 bits per heavy atom. The molecule has 0 aliphatic carbocycles. The van der Waals surface area contributed by atoms with Crippen molar-refractivity contribution in [3.63, 3.8) is 0 Å². The van der Waals surface area contributed by atoms with Gasteiger partial charge in [0.05, 0.1) is 13.3 Å². The Morgan fingerprint density at radius 2 is 1.89 bits per heavy atom. The number of hydrogen-bond donors (Lipinski definition) is 1. The highest BCUT2D eigenvalue weighted by molar-refractivity contribution is 7.12. The number of amides is 1. The van der Waals surface area contributed by atoms with Gasteiger partial charge in [-0.2, -0.15) is 5.10 Å². The number of methoxy groups -OCH3 is 1. The smallest absolute Gasteiger partial charge is 0.353 e. The maximum atomic E-state index is 12.1. The van der Waals surface area contributed by atoms with Crippen molar-refractivity contribution < 1.29 is 19.1 Å². The van der Waals surface area contributed by atoms with Gasteiger partial charge in [0, 0.05) is 10.6 Å². The van der Waals surface area contributed by atoms with E-state index in [2.05, 4.69) is 10.5 Å². The number of halogens is 1. The molecular formula is C20H15ClN2O4S. The Hall–Kier alpha value is -3.16. The molecule has 0 radical (unpaired) electrons. The van der Waals surface area contributed by atoms with Crippen LogP contribution in [0.3, 0.4) is 0 Å². The van der Waals surface area contributed by atoms with Crippen LogP contribution in [0.4, 0.5) is 0 Å². The summed E-state index contributed by atoms with van der Waals surface area (Å²) in [5.41, 5.74) is 3.53. The van der Waals surface area contributed by atoms with Gasteiger partial charge in [-0.3, -0.25) is 4.79 Å². The second kappa shape index (κ2) is 9.16. The summed E-state index contributed by atoms with van der Waals surface area (Å²) in [7, 11) is 1.47. The zero-order valence-electron chi connectivity index (χ0n) is 14.7. The molecular weight excluding hydrogens is 400 g/mol. The van der Waals surface area contributed by atoms with Gasteiger partial charge in [-0.15, -0.1) is 11.3 Å². The molecule has 6 nitrogen and oxygen atoms in total. The molecule has 0 unspecified atom stereocenters. The number of nitrogens with zero attached hydrogens (tertiary/aromatic N) is 1. The summed E-state index contributed by atoms with van der Waals surface area (Å²) in [4.78, 5) is 24.6. The average Bonchev–Trinajstić information content (AvgIpc) is 3.24. The van der Waals surface area contributed by atoms with Crippen LogP contribution in [-0.4, -0.2) is 25.2 Å². The maximum Gasteiger partial charge on any atom is 0.353 e. The molecule has 1 N–H and O–H groups in total. The Morgan fingerprint density at radius 1 is 1.11 bits per heavy atom. The van der Waals surface area contributed by atoms with Crippen LogP contribution < -0.4 is 14.9 Å². The van der Waals surface area contributed by atoms with Gasteiger partial charge in [-0.1, -0.05) is 17.7 Å². The van der Waals surface area contributed by atoms with E-state index in [9.17, 15) is 9.59 Å². The number of esters is 1. The normalized spacial score (nSPS) is 10.6. The standard InChI is InChI=1S/C20H15ClN2O4S/c1-26-17-11-13(4-9-16(17)27-20(25)18-3-2-10-28-18)12-22-23-19(24)14-5-7-15(21)8-6-14/h2-12H,1H3,(H,23,24). The van der Waals surface area contributed by atoms with Gasteiger partial charge in [0.15, 0.2) is 11.5 Å². The van der Waals surface area contributed by atoms with Gasteiger partial charge < -0.3 is 9.47 Å². The molecule has 28 heavy (non-hydrogen) atoms. The molecule has 3 aromatic rings. The summed E-state index contributed by atoms with van der Waals surface area (Å²) in [5.74, 6) is -0.146. The van der Waals surface area contributed by atoms with E-state index in [4.69, 9.17) is 21.1 Å². The number of nitrogens with one attached hydrogen (secondary N) is 1. The van der Waals surface area contributed by atoms with Gasteiger partial charge >= 0.3 is 5.97 Å². The molecule has 0 aliphatic rings. The van der Waals surface area contributed by atoms with Gasteiger partial charge in [0.1, 0.15) is 4.88 Å². The van der Waals surface area contributed by atoms with Gasteiger partial charge in [0.2, 0.25) is 0 Å². The second-order valence-electron chi connectivity index (χ2n) is 5.48. The van der Waals surface area contributed by atoms with Gasteiger partial charge in [-0.05, 0) is 59.5 Å². The van der Waals surface area contributed by atoms with Crippen LogP contribution >= 0.6 is 22.9 Å². The van der Waals surface area contributed by atoms with E-state index >= 15 is 0 Å². The third kappa shape index (κ3) is 4.97. The van der Waals surface area contributed by atoms with Crippen LogP contribution in [0.15, 0.2) is 65.1 Å². The lowest BCUT2D eigenvalue weighted by molar-refractivity contribution is 0.0734. The number of carbonyl (C=O) groups excluding carboxylic acids is 2. The fraction of sp³-hybridized carbons (Fsp3) is 0.0500. The molecule has 0 saturated heterocycles. The zero-order valence-corrected chi connectivity index (χ0v) is 16.3. The molecule has 2 aromatic carbocycles. The van der Waals surface area contributed by atoms with Crippen molar-refractivity contribution in [1.29, 1.82) is 0 Å². The highest BCUT2D eigenvalue weighted by Crippen LogP contribution is 2.28. The lowest BCUT2D eigenvalue weighted by Gasteiger charge is -2.09. The maximum absolute atomic E-state index is 12.1. The van der Waals surface area contributed by atoms with E-state index in [1.54, 1.807) is 60.0 Å². The first-order valence-corrected chi connectivity index (χ1v) is 9.35. The second-order valence-corrected chi connectivity index (χ2v) is 6.87. The van der Waals surface area contributed by atoms with Crippen LogP contribution in [0, 0.1) is 0 Å². The predicted octanol–water partition coefficient (Wildman–Crippen LogP) is 4.39. The molecule has 0 aliphatic heterocycles. The van der Waals surface area contributed by atoms with Crippen molar-refractivity contribution in [2.45, 2.75) is 0 Å². The monoisotopic (exact) mass is 414 g/mol. The van der Waals surface area contributed by atoms with E-state index < -0.39 is 5.97 Å². The summed E-state index contributed by atoms with van der Waals surface area (Å²) in [6.45, 7) is 0. The number of benzene rings is 2. The molecule has 3 rings (SSSR count). The Bertz CT molecular complexity index is 1000. The van der Waals surface area contributed by atoms with Crippen molar-refractivity contribution in [3.05, 3.63) is 81.0 Å². The van der Waals surface area contributed by atoms with Gasteiger partial charge in [0.25, 0.3) is 5.91 Å². The molecule has 0 bridgehead atoms. The number of ether oxygens (including phenoxy) is 2. The minimum absolute atomic E-state index is 0.295. The third-order valence-electron chi connectivity index (χ3n) is 3.60. The van der Waals surface area contributed by atoms with Gasteiger partial charge in [-0.25, -0.2) is 10.2 Å². The van der Waals surface area contributed by atoms with Crippen LogP contribution in [0.1, 0.15) is 25.6 Å². The highest BCUT2D eigenvalue weighted by Gasteiger charge is 2.13. The molecule has 1 amide bonds. The molecule has 0 atom stereocenters. The topological polar surface area (TPSA) is 77.0 Å². The predicted molar refractivity (Wildman–Crippen MR) is 109 cm³/mol. The van der Waals surface area contributed by atoms with Crippen LogP contribution in [0.25, 0.3) is 0 Å². The SMILES string of the molecule is COc1cc(C=NNC(=O)c2ccc(Cl)cc2)ccc1OC(=O)c1cccs1. The van der Waals surface area contributed by atoms with E-state index in [1.807, 2.05) is 0 Å². The fourth-order valence-electron chi connectivity index (χ4n) is 2.22. The minimum atomic E-state index is -0.454. The van der Waals surface area contributed by atoms with E-state index in [0.717, 1.165) is 0 Å². The lowest BCUT2D eigenvalue weighted by atomic mass is 10.2. The van der Waals surface area contributed by atoms with Crippen LogP contribution in [0.5, 0.6) is 11.5 Å². The van der Waals surface area contributed by atoms with Crippen molar-refractivity contribution in [1.82, 2.24) is 5.43 Å². The molecule has 1 aromatic heterocycles. The number of rotatable bonds is 6. The molecule has 0 fully saturated rings.